The summed E-state index contributed by atoms with van der Waals surface area (Å²) in [4.78, 5) is 17.0. The molecule has 1 fully saturated rings. The second kappa shape index (κ2) is 9.49. The van der Waals surface area contributed by atoms with Crippen LogP contribution >= 0.6 is 11.3 Å². The Bertz CT molecular complexity index is 518. The molecule has 3 atom stereocenters. The number of aromatic nitrogens is 1. The number of carbonyl (C=O) groups is 1. The molecule has 1 aliphatic carbocycles. The maximum absolute atomic E-state index is 12.4. The fourth-order valence-corrected chi connectivity index (χ4v) is 3.88. The van der Waals surface area contributed by atoms with E-state index >= 15 is 0 Å². The number of ether oxygens (including phenoxy) is 1. The van der Waals surface area contributed by atoms with Gasteiger partial charge < -0.3 is 15.8 Å². The molecule has 1 aromatic rings. The number of hydrogen-bond donors (Lipinski definition) is 2. The predicted octanol–water partition coefficient (Wildman–Crippen LogP) is 2.85. The van der Waals surface area contributed by atoms with Crippen molar-refractivity contribution in [2.45, 2.75) is 70.9 Å². The van der Waals surface area contributed by atoms with E-state index in [4.69, 9.17) is 10.5 Å². The highest BCUT2D eigenvalue weighted by Gasteiger charge is 2.32. The number of carbonyl (C=O) groups excluding carboxylic acids is 1. The van der Waals surface area contributed by atoms with Crippen molar-refractivity contribution < 1.29 is 9.53 Å². The van der Waals surface area contributed by atoms with Gasteiger partial charge in [-0.1, -0.05) is 20.8 Å². The first-order valence-corrected chi connectivity index (χ1v) is 9.98. The molecule has 1 aromatic heterocycles. The maximum atomic E-state index is 12.4. The first-order chi connectivity index (χ1) is 11.5. The van der Waals surface area contributed by atoms with Crippen LogP contribution in [0.2, 0.25) is 0 Å². The molecule has 0 aromatic carbocycles. The zero-order valence-corrected chi connectivity index (χ0v) is 15.9. The van der Waals surface area contributed by atoms with Gasteiger partial charge >= 0.3 is 0 Å². The predicted molar refractivity (Wildman–Crippen MR) is 98.3 cm³/mol. The second-order valence-electron chi connectivity index (χ2n) is 6.96. The van der Waals surface area contributed by atoms with Crippen molar-refractivity contribution in [3.05, 3.63) is 16.1 Å². The number of thiazole rings is 1. The van der Waals surface area contributed by atoms with E-state index in [-0.39, 0.29) is 24.0 Å². The summed E-state index contributed by atoms with van der Waals surface area (Å²) in [6.45, 7) is 7.74. The molecular formula is C18H31N3O2S. The van der Waals surface area contributed by atoms with Crippen LogP contribution in [0.1, 0.15) is 63.1 Å². The molecular weight excluding hydrogens is 322 g/mol. The molecule has 0 bridgehead atoms. The van der Waals surface area contributed by atoms with Crippen molar-refractivity contribution in [3.8, 4) is 0 Å². The monoisotopic (exact) mass is 353 g/mol. The van der Waals surface area contributed by atoms with Crippen molar-refractivity contribution in [1.29, 1.82) is 0 Å². The normalized spacial score (nSPS) is 24.3. The van der Waals surface area contributed by atoms with E-state index in [1.807, 2.05) is 0 Å². The van der Waals surface area contributed by atoms with Gasteiger partial charge in [-0.15, -0.1) is 11.3 Å². The standard InChI is InChI=1S/C18H31N3O2S/c1-4-9-23-16-10-13(5-6-15(16)19)17(22)20-8-7-14-11-24-18(21-14)12(2)3/h11-13,15-16H,4-10,19H2,1-3H3,(H,20,22)/t13-,15-,16-/m0/s1. The third-order valence-corrected chi connectivity index (χ3v) is 5.69. The van der Waals surface area contributed by atoms with Gasteiger partial charge in [-0.05, 0) is 25.7 Å². The number of nitrogens with one attached hydrogen (secondary N) is 1. The molecule has 0 spiro atoms. The molecule has 1 amide bonds. The van der Waals surface area contributed by atoms with Crippen LogP contribution in [0.15, 0.2) is 5.38 Å². The van der Waals surface area contributed by atoms with E-state index in [0.717, 1.165) is 42.8 Å². The van der Waals surface area contributed by atoms with Crippen LogP contribution in [0.3, 0.4) is 0 Å². The lowest BCUT2D eigenvalue weighted by atomic mass is 9.83. The SMILES string of the molecule is CCCO[C@H]1C[C@@H](C(=O)NCCc2csc(C(C)C)n2)CC[C@@H]1N. The zero-order chi connectivity index (χ0) is 17.5. The van der Waals surface area contributed by atoms with Gasteiger partial charge in [-0.25, -0.2) is 4.98 Å². The number of rotatable bonds is 8. The fourth-order valence-electron chi connectivity index (χ4n) is 3.01. The number of hydrogen-bond acceptors (Lipinski definition) is 5. The summed E-state index contributed by atoms with van der Waals surface area (Å²) in [5.74, 6) is 0.615. The molecule has 6 heteroatoms. The minimum Gasteiger partial charge on any atom is -0.377 e. The molecule has 1 aliphatic rings. The summed E-state index contributed by atoms with van der Waals surface area (Å²) in [5.41, 5.74) is 7.19. The van der Waals surface area contributed by atoms with Crippen molar-refractivity contribution in [1.82, 2.24) is 10.3 Å². The van der Waals surface area contributed by atoms with Crippen molar-refractivity contribution >= 4 is 17.2 Å². The molecule has 2 rings (SSSR count). The van der Waals surface area contributed by atoms with Crippen LogP contribution in [-0.4, -0.2) is 36.2 Å². The van der Waals surface area contributed by atoms with Gasteiger partial charge in [0, 0.05) is 42.8 Å². The Morgan fingerprint density at radius 3 is 2.96 bits per heavy atom. The van der Waals surface area contributed by atoms with Crippen LogP contribution in [0.25, 0.3) is 0 Å². The molecule has 24 heavy (non-hydrogen) atoms. The third kappa shape index (κ3) is 5.53. The summed E-state index contributed by atoms with van der Waals surface area (Å²) in [5, 5.41) is 6.31. The third-order valence-electron chi connectivity index (χ3n) is 4.49. The van der Waals surface area contributed by atoms with Crippen LogP contribution in [0, 0.1) is 5.92 Å². The van der Waals surface area contributed by atoms with Crippen molar-refractivity contribution in [3.63, 3.8) is 0 Å². The lowest BCUT2D eigenvalue weighted by Crippen LogP contribution is -2.46. The topological polar surface area (TPSA) is 77.2 Å². The lowest BCUT2D eigenvalue weighted by Gasteiger charge is -2.33. The van der Waals surface area contributed by atoms with Gasteiger partial charge in [0.05, 0.1) is 16.8 Å². The Labute approximate surface area is 149 Å². The van der Waals surface area contributed by atoms with Gasteiger partial charge in [0.25, 0.3) is 0 Å². The second-order valence-corrected chi connectivity index (χ2v) is 7.85. The molecule has 1 saturated carbocycles. The fraction of sp³-hybridized carbons (Fsp3) is 0.778. The average molecular weight is 354 g/mol. The quantitative estimate of drug-likeness (QED) is 0.753. The Morgan fingerprint density at radius 2 is 2.29 bits per heavy atom. The Morgan fingerprint density at radius 1 is 1.50 bits per heavy atom. The largest absolute Gasteiger partial charge is 0.377 e. The van der Waals surface area contributed by atoms with E-state index in [2.05, 4.69) is 36.5 Å². The van der Waals surface area contributed by atoms with Crippen LogP contribution < -0.4 is 11.1 Å². The van der Waals surface area contributed by atoms with Crippen LogP contribution in [-0.2, 0) is 16.0 Å². The minimum absolute atomic E-state index is 0.0154. The molecule has 5 nitrogen and oxygen atoms in total. The number of amides is 1. The van der Waals surface area contributed by atoms with Crippen molar-refractivity contribution in [2.75, 3.05) is 13.2 Å². The minimum atomic E-state index is 0.0154. The van der Waals surface area contributed by atoms with Gasteiger partial charge in [0.2, 0.25) is 5.91 Å². The van der Waals surface area contributed by atoms with E-state index in [1.54, 1.807) is 11.3 Å². The van der Waals surface area contributed by atoms with Gasteiger partial charge in [-0.3, -0.25) is 4.79 Å². The Balaban J connectivity index is 1.75. The summed E-state index contributed by atoms with van der Waals surface area (Å²) < 4.78 is 5.81. The highest BCUT2D eigenvalue weighted by Crippen LogP contribution is 2.26. The molecule has 0 unspecified atom stereocenters. The highest BCUT2D eigenvalue weighted by molar-refractivity contribution is 7.09. The molecule has 0 aliphatic heterocycles. The van der Waals surface area contributed by atoms with Gasteiger partial charge in [0.1, 0.15) is 0 Å². The Hall–Kier alpha value is -0.980. The average Bonchev–Trinajstić information content (AvgIpc) is 3.03. The first-order valence-electron chi connectivity index (χ1n) is 9.10. The molecule has 0 radical (unpaired) electrons. The summed E-state index contributed by atoms with van der Waals surface area (Å²) in [7, 11) is 0. The van der Waals surface area contributed by atoms with Gasteiger partial charge in [0.15, 0.2) is 0 Å². The van der Waals surface area contributed by atoms with Crippen LogP contribution in [0.4, 0.5) is 0 Å². The summed E-state index contributed by atoms with van der Waals surface area (Å²) >= 11 is 1.70. The zero-order valence-electron chi connectivity index (χ0n) is 15.1. The highest BCUT2D eigenvalue weighted by atomic mass is 32.1. The van der Waals surface area contributed by atoms with Crippen molar-refractivity contribution in [2.24, 2.45) is 11.7 Å². The van der Waals surface area contributed by atoms with E-state index < -0.39 is 0 Å². The van der Waals surface area contributed by atoms with Gasteiger partial charge in [-0.2, -0.15) is 0 Å². The number of nitrogens with two attached hydrogens (primary N) is 1. The molecule has 3 N–H and O–H groups in total. The van der Waals surface area contributed by atoms with E-state index in [1.165, 1.54) is 0 Å². The smallest absolute Gasteiger partial charge is 0.223 e. The number of nitrogens with zero attached hydrogens (tertiary/aromatic N) is 1. The summed E-state index contributed by atoms with van der Waals surface area (Å²) in [6.07, 6.45) is 4.23. The Kier molecular flexibility index (Phi) is 7.65. The molecule has 0 saturated heterocycles. The van der Waals surface area contributed by atoms with Crippen LogP contribution in [0.5, 0.6) is 0 Å². The summed E-state index contributed by atoms with van der Waals surface area (Å²) in [6, 6.07) is 0.0602. The maximum Gasteiger partial charge on any atom is 0.223 e. The van der Waals surface area contributed by atoms with E-state index in [0.29, 0.717) is 19.1 Å². The lowest BCUT2D eigenvalue weighted by molar-refractivity contribution is -0.128. The van der Waals surface area contributed by atoms with E-state index in [9.17, 15) is 4.79 Å². The first kappa shape index (κ1) is 19.3. The molecule has 136 valence electrons. The molecule has 1 heterocycles.